The summed E-state index contributed by atoms with van der Waals surface area (Å²) in [5.74, 6) is 0.281. The summed E-state index contributed by atoms with van der Waals surface area (Å²) >= 11 is 0. The average Bonchev–Trinajstić information content (AvgIpc) is 2.90. The normalized spacial score (nSPS) is 23.4. The molecule has 1 spiro atoms. The number of benzene rings is 1. The highest BCUT2D eigenvalue weighted by molar-refractivity contribution is 5.94. The molecule has 1 aromatic carbocycles. The number of amides is 1. The Bertz CT molecular complexity index is 1120. The molecule has 0 unspecified atom stereocenters. The van der Waals surface area contributed by atoms with Gasteiger partial charge in [-0.05, 0) is 70.8 Å². The van der Waals surface area contributed by atoms with Crippen molar-refractivity contribution in [3.63, 3.8) is 0 Å². The Balaban J connectivity index is 1.18. The number of halogens is 1. The van der Waals surface area contributed by atoms with Crippen molar-refractivity contribution in [1.29, 1.82) is 0 Å². The van der Waals surface area contributed by atoms with Crippen LogP contribution >= 0.6 is 0 Å². The van der Waals surface area contributed by atoms with Crippen molar-refractivity contribution in [2.24, 2.45) is 11.1 Å². The number of aromatic nitrogens is 2. The van der Waals surface area contributed by atoms with Crippen molar-refractivity contribution in [3.05, 3.63) is 42.1 Å². The smallest absolute Gasteiger partial charge is 0.253 e. The fourth-order valence-electron chi connectivity index (χ4n) is 5.59. The molecular weight excluding hydrogens is 487 g/mol. The van der Waals surface area contributed by atoms with E-state index in [0.29, 0.717) is 24.3 Å². The first kappa shape index (κ1) is 26.8. The van der Waals surface area contributed by atoms with Crippen molar-refractivity contribution in [2.75, 3.05) is 51.3 Å². The summed E-state index contributed by atoms with van der Waals surface area (Å²) < 4.78 is 26.8. The Morgan fingerprint density at radius 1 is 1.26 bits per heavy atom. The Morgan fingerprint density at radius 2 is 2.03 bits per heavy atom. The Hall–Kier alpha value is -2.82. The van der Waals surface area contributed by atoms with Crippen LogP contribution in [-0.2, 0) is 4.74 Å². The lowest BCUT2D eigenvalue weighted by atomic mass is 9.72. The molecule has 0 radical (unpaired) electrons. The molecule has 5 rings (SSSR count). The van der Waals surface area contributed by atoms with Crippen LogP contribution < -0.4 is 15.4 Å². The number of nitrogens with two attached hydrogens (primary N) is 1. The van der Waals surface area contributed by atoms with Crippen LogP contribution in [0.3, 0.4) is 0 Å². The highest BCUT2D eigenvalue weighted by Gasteiger charge is 2.46. The van der Waals surface area contributed by atoms with Crippen molar-refractivity contribution < 1.29 is 18.7 Å². The van der Waals surface area contributed by atoms with E-state index >= 15 is 0 Å². The maximum atomic E-state index is 14.9. The van der Waals surface area contributed by atoms with E-state index in [1.165, 1.54) is 18.5 Å². The van der Waals surface area contributed by atoms with E-state index in [0.717, 1.165) is 58.4 Å². The molecule has 0 saturated carbocycles. The van der Waals surface area contributed by atoms with Gasteiger partial charge in [0.05, 0.1) is 18.9 Å². The van der Waals surface area contributed by atoms with Crippen LogP contribution in [0.2, 0.25) is 0 Å². The monoisotopic (exact) mass is 526 g/mol. The van der Waals surface area contributed by atoms with Crippen molar-refractivity contribution in [2.45, 2.75) is 57.7 Å². The number of likely N-dealkylation sites (tertiary alicyclic amines) is 1. The second-order valence-electron chi connectivity index (χ2n) is 11.4. The molecule has 4 heterocycles. The maximum absolute atomic E-state index is 14.9. The summed E-state index contributed by atoms with van der Waals surface area (Å²) in [6, 6.07) is 4.50. The van der Waals surface area contributed by atoms with Gasteiger partial charge in [-0.3, -0.25) is 4.79 Å². The first-order chi connectivity index (χ1) is 18.2. The standard InChI is InChI=1S/C28H39FN6O3/c1-19(2)33(3)27(36)20-4-7-24(23(29)12-20)38-25-13-31-18-32-26(25)35-16-28(17-35)8-10-34(11-9-28)14-22-6-5-21(30)15-37-22/h4,7,12-13,18-19,21-22H,5-6,8-11,14-17,30H2,1-3H3/t21-,22+/m1/s1. The van der Waals surface area contributed by atoms with Crippen LogP contribution in [0, 0.1) is 11.2 Å². The molecule has 2 aromatic rings. The topological polar surface area (TPSA) is 97.1 Å². The van der Waals surface area contributed by atoms with Crippen LogP contribution in [-0.4, -0.2) is 90.2 Å². The molecule has 38 heavy (non-hydrogen) atoms. The molecule has 3 aliphatic rings. The zero-order chi connectivity index (χ0) is 26.9. The molecule has 3 aliphatic heterocycles. The molecule has 3 saturated heterocycles. The molecule has 206 valence electrons. The van der Waals surface area contributed by atoms with E-state index in [4.69, 9.17) is 15.2 Å². The molecule has 3 fully saturated rings. The summed E-state index contributed by atoms with van der Waals surface area (Å²) in [5.41, 5.74) is 6.51. The van der Waals surface area contributed by atoms with E-state index in [1.54, 1.807) is 24.2 Å². The fraction of sp³-hybridized carbons (Fsp3) is 0.607. The molecule has 1 aromatic heterocycles. The number of hydrogen-bond donors (Lipinski definition) is 1. The molecule has 0 aliphatic carbocycles. The highest BCUT2D eigenvalue weighted by Crippen LogP contribution is 2.45. The van der Waals surface area contributed by atoms with Crippen molar-refractivity contribution >= 4 is 11.7 Å². The number of hydrogen-bond acceptors (Lipinski definition) is 8. The summed E-state index contributed by atoms with van der Waals surface area (Å²) in [6.45, 7) is 9.39. The third-order valence-electron chi connectivity index (χ3n) is 8.29. The van der Waals surface area contributed by atoms with Crippen molar-refractivity contribution in [3.8, 4) is 11.5 Å². The van der Waals surface area contributed by atoms with Gasteiger partial charge in [0.15, 0.2) is 23.1 Å². The van der Waals surface area contributed by atoms with E-state index in [9.17, 15) is 9.18 Å². The van der Waals surface area contributed by atoms with Gasteiger partial charge in [-0.2, -0.15) is 0 Å². The van der Waals surface area contributed by atoms with Gasteiger partial charge in [0.1, 0.15) is 6.33 Å². The van der Waals surface area contributed by atoms with Crippen LogP contribution in [0.4, 0.5) is 10.2 Å². The minimum Gasteiger partial charge on any atom is -0.449 e. The zero-order valence-electron chi connectivity index (χ0n) is 22.6. The third-order valence-corrected chi connectivity index (χ3v) is 8.29. The predicted octanol–water partition coefficient (Wildman–Crippen LogP) is 3.30. The maximum Gasteiger partial charge on any atom is 0.253 e. The van der Waals surface area contributed by atoms with Crippen LogP contribution in [0.5, 0.6) is 11.5 Å². The summed E-state index contributed by atoms with van der Waals surface area (Å²) in [7, 11) is 1.70. The molecular formula is C28H39FN6O3. The number of piperidine rings is 1. The number of anilines is 1. The first-order valence-electron chi connectivity index (χ1n) is 13.6. The van der Waals surface area contributed by atoms with Gasteiger partial charge in [-0.15, -0.1) is 0 Å². The molecule has 1 amide bonds. The second kappa shape index (κ2) is 11.1. The average molecular weight is 527 g/mol. The van der Waals surface area contributed by atoms with Gasteiger partial charge in [0, 0.05) is 49.7 Å². The lowest BCUT2D eigenvalue weighted by Gasteiger charge is -2.54. The quantitative estimate of drug-likeness (QED) is 0.587. The van der Waals surface area contributed by atoms with Crippen LogP contribution in [0.25, 0.3) is 0 Å². The van der Waals surface area contributed by atoms with Gasteiger partial charge in [-0.25, -0.2) is 14.4 Å². The van der Waals surface area contributed by atoms with Crippen LogP contribution in [0.15, 0.2) is 30.7 Å². The lowest BCUT2D eigenvalue weighted by Crippen LogP contribution is -2.61. The third kappa shape index (κ3) is 5.77. The number of carbonyl (C=O) groups excluding carboxylic acids is 1. The van der Waals surface area contributed by atoms with E-state index in [-0.39, 0.29) is 34.7 Å². The van der Waals surface area contributed by atoms with E-state index < -0.39 is 5.82 Å². The van der Waals surface area contributed by atoms with Crippen molar-refractivity contribution in [1.82, 2.24) is 19.8 Å². The predicted molar refractivity (Wildman–Crippen MR) is 143 cm³/mol. The molecule has 0 bridgehead atoms. The Morgan fingerprint density at radius 3 is 2.68 bits per heavy atom. The fourth-order valence-corrected chi connectivity index (χ4v) is 5.59. The number of carbonyl (C=O) groups is 1. The highest BCUT2D eigenvalue weighted by atomic mass is 19.1. The first-order valence-corrected chi connectivity index (χ1v) is 13.6. The van der Waals surface area contributed by atoms with E-state index in [2.05, 4.69) is 19.8 Å². The van der Waals surface area contributed by atoms with Gasteiger partial charge in [-0.1, -0.05) is 0 Å². The molecule has 10 heteroatoms. The Kier molecular flexibility index (Phi) is 7.83. The molecule has 2 atom stereocenters. The second-order valence-corrected chi connectivity index (χ2v) is 11.4. The van der Waals surface area contributed by atoms with Gasteiger partial charge in [0.2, 0.25) is 0 Å². The van der Waals surface area contributed by atoms with Crippen LogP contribution in [0.1, 0.15) is 49.9 Å². The van der Waals surface area contributed by atoms with Gasteiger partial charge in [0.25, 0.3) is 5.91 Å². The largest absolute Gasteiger partial charge is 0.449 e. The lowest BCUT2D eigenvalue weighted by molar-refractivity contribution is -0.0277. The summed E-state index contributed by atoms with van der Waals surface area (Å²) in [6.07, 6.45) is 7.70. The minimum atomic E-state index is -0.598. The zero-order valence-corrected chi connectivity index (χ0v) is 22.6. The van der Waals surface area contributed by atoms with Gasteiger partial charge < -0.3 is 29.9 Å². The summed E-state index contributed by atoms with van der Waals surface area (Å²) in [5, 5.41) is 0. The number of rotatable bonds is 7. The minimum absolute atomic E-state index is 0.0166. The number of ether oxygens (including phenoxy) is 2. The van der Waals surface area contributed by atoms with Gasteiger partial charge >= 0.3 is 0 Å². The van der Waals surface area contributed by atoms with E-state index in [1.807, 2.05) is 13.8 Å². The molecule has 9 nitrogen and oxygen atoms in total. The SMILES string of the molecule is CC(C)N(C)C(=O)c1ccc(Oc2cncnc2N2CC3(CCN(C[C@@H]4CC[C@@H](N)CO4)CC3)C2)c(F)c1. The summed E-state index contributed by atoms with van der Waals surface area (Å²) in [4.78, 5) is 27.4. The Labute approximate surface area is 224 Å². The molecule has 2 N–H and O–H groups in total. The number of nitrogens with zero attached hydrogens (tertiary/aromatic N) is 5.